The summed E-state index contributed by atoms with van der Waals surface area (Å²) in [6.45, 7) is -0.729. The lowest BCUT2D eigenvalue weighted by Gasteiger charge is -2.26. The average Bonchev–Trinajstić information content (AvgIpc) is 3.26. The Hall–Kier alpha value is -2.92. The molecule has 10 nitrogen and oxygen atoms in total. The van der Waals surface area contributed by atoms with Gasteiger partial charge in [0, 0.05) is 5.75 Å². The Morgan fingerprint density at radius 1 is 1.04 bits per heavy atom. The third-order valence-corrected chi connectivity index (χ3v) is 5.48. The van der Waals surface area contributed by atoms with E-state index in [0.29, 0.717) is 5.06 Å². The lowest BCUT2D eigenvalue weighted by atomic mass is 10.1. The molecule has 3 rings (SSSR count). The van der Waals surface area contributed by atoms with Crippen molar-refractivity contribution in [2.75, 3.05) is 26.6 Å². The van der Waals surface area contributed by atoms with Crippen LogP contribution in [0.3, 0.4) is 0 Å². The second-order valence-electron chi connectivity index (χ2n) is 5.77. The van der Waals surface area contributed by atoms with Gasteiger partial charge in [0.1, 0.15) is 6.04 Å². The highest BCUT2D eigenvalue weighted by molar-refractivity contribution is 8.00. The minimum Gasteiger partial charge on any atom is -0.467 e. The molecule has 28 heavy (non-hydrogen) atoms. The molecule has 3 amide bonds. The number of hydrogen-bond donors (Lipinski definition) is 0. The zero-order chi connectivity index (χ0) is 20.4. The van der Waals surface area contributed by atoms with Crippen molar-refractivity contribution in [3.05, 3.63) is 35.4 Å². The molecule has 2 aliphatic heterocycles. The molecule has 148 valence electrons. The highest BCUT2D eigenvalue weighted by atomic mass is 32.2. The summed E-state index contributed by atoms with van der Waals surface area (Å²) in [7, 11) is 2.32. The molecule has 11 heteroatoms. The summed E-state index contributed by atoms with van der Waals surface area (Å²) < 4.78 is 9.34. The van der Waals surface area contributed by atoms with Gasteiger partial charge in [-0.15, -0.1) is 16.8 Å². The van der Waals surface area contributed by atoms with Crippen LogP contribution in [0.2, 0.25) is 0 Å². The number of fused-ring (bicyclic) bond motifs is 1. The molecular weight excluding hydrogens is 392 g/mol. The fourth-order valence-electron chi connectivity index (χ4n) is 2.89. The van der Waals surface area contributed by atoms with E-state index in [0.717, 1.165) is 30.9 Å². The highest BCUT2D eigenvalue weighted by Gasteiger charge is 2.47. The number of esters is 2. The highest BCUT2D eigenvalue weighted by Crippen LogP contribution is 2.31. The summed E-state index contributed by atoms with van der Waals surface area (Å²) in [6.07, 6.45) is 0. The van der Waals surface area contributed by atoms with Gasteiger partial charge in [0.2, 0.25) is 0 Å². The van der Waals surface area contributed by atoms with Crippen molar-refractivity contribution in [2.45, 2.75) is 11.4 Å². The molecule has 2 atom stereocenters. The van der Waals surface area contributed by atoms with Gasteiger partial charge in [-0.05, 0) is 12.1 Å². The topological polar surface area (TPSA) is 120 Å². The van der Waals surface area contributed by atoms with E-state index in [1.165, 1.54) is 12.1 Å². The molecule has 2 heterocycles. The van der Waals surface area contributed by atoms with E-state index in [1.54, 1.807) is 12.1 Å². The number of hydrogen-bond acceptors (Lipinski definition) is 9. The van der Waals surface area contributed by atoms with Gasteiger partial charge in [-0.1, -0.05) is 12.1 Å². The number of hydroxylamine groups is 2. The molecule has 0 spiro atoms. The maximum Gasteiger partial charge on any atom is 0.339 e. The number of rotatable bonds is 5. The Kier molecular flexibility index (Phi) is 5.66. The molecule has 1 aromatic rings. The van der Waals surface area contributed by atoms with Gasteiger partial charge in [-0.25, -0.2) is 9.59 Å². The third kappa shape index (κ3) is 3.34. The van der Waals surface area contributed by atoms with Gasteiger partial charge >= 0.3 is 11.9 Å². The molecule has 0 radical (unpaired) electrons. The maximum atomic E-state index is 12.7. The van der Waals surface area contributed by atoms with Crippen LogP contribution in [0.1, 0.15) is 20.7 Å². The molecule has 0 saturated carbocycles. The fourth-order valence-corrected chi connectivity index (χ4v) is 4.21. The zero-order valence-electron chi connectivity index (χ0n) is 14.9. The number of nitrogens with zero attached hydrogens (tertiary/aromatic N) is 2. The summed E-state index contributed by atoms with van der Waals surface area (Å²) in [6, 6.07) is 5.12. The number of benzene rings is 1. The predicted molar refractivity (Wildman–Crippen MR) is 93.8 cm³/mol. The Labute approximate surface area is 163 Å². The summed E-state index contributed by atoms with van der Waals surface area (Å²) in [5.74, 6) is -3.45. The fraction of sp³-hybridized carbons (Fsp3) is 0.353. The van der Waals surface area contributed by atoms with E-state index in [4.69, 9.17) is 4.84 Å². The first-order valence-corrected chi connectivity index (χ1v) is 9.14. The SMILES string of the molecule is COC(=O)[C@H]1SC[C@@H](C(=O)OC)N1C(=O)CON1C(=O)c2ccccc2C1=O. The van der Waals surface area contributed by atoms with E-state index in [-0.39, 0.29) is 16.9 Å². The molecule has 1 saturated heterocycles. The van der Waals surface area contributed by atoms with Gasteiger partial charge < -0.3 is 14.4 Å². The molecular formula is C17H16N2O8S. The van der Waals surface area contributed by atoms with Gasteiger partial charge in [0.15, 0.2) is 12.0 Å². The monoisotopic (exact) mass is 408 g/mol. The summed E-state index contributed by atoms with van der Waals surface area (Å²) in [5, 5.41) is -0.570. The second kappa shape index (κ2) is 7.98. The van der Waals surface area contributed by atoms with Crippen molar-refractivity contribution in [1.29, 1.82) is 0 Å². The summed E-state index contributed by atoms with van der Waals surface area (Å²) in [4.78, 5) is 67.3. The van der Waals surface area contributed by atoms with Crippen molar-refractivity contribution in [3.63, 3.8) is 0 Å². The number of amides is 3. The van der Waals surface area contributed by atoms with Crippen molar-refractivity contribution in [2.24, 2.45) is 0 Å². The zero-order valence-corrected chi connectivity index (χ0v) is 15.8. The lowest BCUT2D eigenvalue weighted by Crippen LogP contribution is -2.50. The van der Waals surface area contributed by atoms with E-state index in [2.05, 4.69) is 9.47 Å². The average molecular weight is 408 g/mol. The summed E-state index contributed by atoms with van der Waals surface area (Å²) in [5.41, 5.74) is 0.327. The van der Waals surface area contributed by atoms with Crippen molar-refractivity contribution in [1.82, 2.24) is 9.96 Å². The molecule has 1 fully saturated rings. The summed E-state index contributed by atoms with van der Waals surface area (Å²) >= 11 is 1.04. The number of imide groups is 1. The van der Waals surface area contributed by atoms with Crippen LogP contribution in [0.5, 0.6) is 0 Å². The molecule has 1 aromatic carbocycles. The standard InChI is InChI=1S/C17H16N2O8S/c1-25-16(23)11-8-28-15(17(24)26-2)18(11)12(20)7-27-19-13(21)9-5-3-4-6-10(9)14(19)22/h3-6,11,15H,7-8H2,1-2H3/t11-,15+/m0/s1. The van der Waals surface area contributed by atoms with Crippen molar-refractivity contribution >= 4 is 41.4 Å². The van der Waals surface area contributed by atoms with Crippen LogP contribution in [0.4, 0.5) is 0 Å². The van der Waals surface area contributed by atoms with Crippen molar-refractivity contribution < 1.29 is 38.3 Å². The number of thioether (sulfide) groups is 1. The number of carbonyl (C=O) groups is 5. The van der Waals surface area contributed by atoms with Crippen LogP contribution in [0.25, 0.3) is 0 Å². The first-order chi connectivity index (χ1) is 13.4. The first-order valence-electron chi connectivity index (χ1n) is 8.09. The van der Waals surface area contributed by atoms with E-state index >= 15 is 0 Å². The number of carbonyl (C=O) groups excluding carboxylic acids is 5. The van der Waals surface area contributed by atoms with E-state index < -0.39 is 47.7 Å². The van der Waals surface area contributed by atoms with Crippen LogP contribution in [-0.2, 0) is 28.7 Å². The quantitative estimate of drug-likeness (QED) is 0.483. The van der Waals surface area contributed by atoms with Gasteiger partial charge in [0.05, 0.1) is 25.3 Å². The van der Waals surface area contributed by atoms with E-state index in [1.807, 2.05) is 0 Å². The normalized spacial score (nSPS) is 20.9. The Bertz CT molecular complexity index is 798. The van der Waals surface area contributed by atoms with Crippen LogP contribution >= 0.6 is 11.8 Å². The van der Waals surface area contributed by atoms with Crippen LogP contribution in [0.15, 0.2) is 24.3 Å². The van der Waals surface area contributed by atoms with Gasteiger partial charge in [-0.2, -0.15) is 0 Å². The van der Waals surface area contributed by atoms with Crippen molar-refractivity contribution in [3.8, 4) is 0 Å². The second-order valence-corrected chi connectivity index (χ2v) is 6.89. The molecule has 0 N–H and O–H groups in total. The first kappa shape index (κ1) is 19.8. The van der Waals surface area contributed by atoms with Gasteiger partial charge in [-0.3, -0.25) is 19.2 Å². The Balaban J connectivity index is 1.74. The van der Waals surface area contributed by atoms with Crippen LogP contribution in [-0.4, -0.2) is 77.6 Å². The maximum absolute atomic E-state index is 12.7. The number of ether oxygens (including phenoxy) is 2. The van der Waals surface area contributed by atoms with Crippen LogP contribution in [0, 0.1) is 0 Å². The molecule has 0 aromatic heterocycles. The largest absolute Gasteiger partial charge is 0.467 e. The lowest BCUT2D eigenvalue weighted by molar-refractivity contribution is -0.163. The van der Waals surface area contributed by atoms with Gasteiger partial charge in [0.25, 0.3) is 17.7 Å². The minimum atomic E-state index is -1.06. The van der Waals surface area contributed by atoms with Crippen LogP contribution < -0.4 is 0 Å². The van der Waals surface area contributed by atoms with E-state index in [9.17, 15) is 24.0 Å². The number of methoxy groups -OCH3 is 2. The Morgan fingerprint density at radius 2 is 1.61 bits per heavy atom. The minimum absolute atomic E-state index is 0.130. The molecule has 0 unspecified atom stereocenters. The molecule has 0 aliphatic carbocycles. The Morgan fingerprint density at radius 3 is 2.14 bits per heavy atom. The molecule has 0 bridgehead atoms. The third-order valence-electron chi connectivity index (χ3n) is 4.24. The molecule has 2 aliphatic rings. The predicted octanol–water partition coefficient (Wildman–Crippen LogP) is -0.170. The smallest absolute Gasteiger partial charge is 0.339 e.